The number of dihydropyridines is 1. The minimum atomic E-state index is -0.547. The van der Waals surface area contributed by atoms with Crippen molar-refractivity contribution in [3.63, 3.8) is 0 Å². The van der Waals surface area contributed by atoms with E-state index in [1.807, 2.05) is 6.07 Å². The summed E-state index contributed by atoms with van der Waals surface area (Å²) in [5.41, 5.74) is 8.80. The average Bonchev–Trinajstić information content (AvgIpc) is 3.65. The van der Waals surface area contributed by atoms with Crippen molar-refractivity contribution in [2.24, 2.45) is 5.92 Å². The molecule has 0 amide bonds. The van der Waals surface area contributed by atoms with E-state index in [1.54, 1.807) is 18.2 Å². The fraction of sp³-hybridized carbons (Fsp3) is 0.514. The first-order chi connectivity index (χ1) is 20.3. The monoisotopic (exact) mass is 567 g/mol. The lowest BCUT2D eigenvalue weighted by Gasteiger charge is -2.38. The van der Waals surface area contributed by atoms with Crippen LogP contribution >= 0.6 is 0 Å². The SMILES string of the molecule is Cc1cc(C)c(C2CC(=O)C3=C(C2)NC(CCC2CCCC2)=C(C(=O)OC2CCCC2)C3c2cccc(O)c2)c(C)c1. The fourth-order valence-electron chi connectivity index (χ4n) is 8.34. The highest BCUT2D eigenvalue weighted by Gasteiger charge is 2.43. The number of allylic oxidation sites excluding steroid dienone is 3. The van der Waals surface area contributed by atoms with Gasteiger partial charge in [0.05, 0.1) is 5.57 Å². The molecular weight excluding hydrogens is 522 g/mol. The summed E-state index contributed by atoms with van der Waals surface area (Å²) in [6.45, 7) is 6.42. The molecule has 2 N–H and O–H groups in total. The van der Waals surface area contributed by atoms with Crippen LogP contribution in [0.5, 0.6) is 5.75 Å². The normalized spacial score (nSPS) is 23.4. The molecule has 4 aliphatic rings. The van der Waals surface area contributed by atoms with Crippen molar-refractivity contribution >= 4 is 11.8 Å². The number of rotatable bonds is 7. The molecule has 5 heteroatoms. The third kappa shape index (κ3) is 5.80. The van der Waals surface area contributed by atoms with Gasteiger partial charge in [-0.15, -0.1) is 0 Å². The third-order valence-electron chi connectivity index (χ3n) is 10.1. The highest BCUT2D eigenvalue weighted by molar-refractivity contribution is 6.04. The molecular formula is C37H45NO4. The zero-order valence-electron chi connectivity index (χ0n) is 25.4. The number of hydrogen-bond acceptors (Lipinski definition) is 5. The molecule has 2 aromatic rings. The van der Waals surface area contributed by atoms with Gasteiger partial charge in [0.25, 0.3) is 0 Å². The predicted octanol–water partition coefficient (Wildman–Crippen LogP) is 8.12. The first-order valence-electron chi connectivity index (χ1n) is 16.1. The van der Waals surface area contributed by atoms with E-state index in [4.69, 9.17) is 4.74 Å². The Labute approximate surface area is 250 Å². The van der Waals surface area contributed by atoms with Gasteiger partial charge < -0.3 is 15.2 Å². The number of aromatic hydroxyl groups is 1. The van der Waals surface area contributed by atoms with Crippen LogP contribution < -0.4 is 5.32 Å². The van der Waals surface area contributed by atoms with E-state index in [2.05, 4.69) is 38.2 Å². The highest BCUT2D eigenvalue weighted by Crippen LogP contribution is 2.48. The van der Waals surface area contributed by atoms with Crippen molar-refractivity contribution < 1.29 is 19.4 Å². The van der Waals surface area contributed by atoms with Crippen LogP contribution in [0.3, 0.4) is 0 Å². The quantitative estimate of drug-likeness (QED) is 0.331. The fourth-order valence-corrected chi connectivity index (χ4v) is 8.34. The van der Waals surface area contributed by atoms with Crippen molar-refractivity contribution in [1.29, 1.82) is 0 Å². The lowest BCUT2D eigenvalue weighted by atomic mass is 9.70. The number of benzene rings is 2. The van der Waals surface area contributed by atoms with Crippen molar-refractivity contribution in [2.75, 3.05) is 0 Å². The standard InChI is InChI=1S/C37H45NO4/c1-22-17-23(2)33(24(3)18-22)27-20-31-35(32(40)21-27)34(26-11-8-12-28(39)19-26)36(37(41)42-29-13-6-7-14-29)30(38-31)16-15-25-9-4-5-10-25/h8,11-12,17-19,25,27,29,34,38-39H,4-7,9-10,13-16,20-21H2,1-3H3. The summed E-state index contributed by atoms with van der Waals surface area (Å²) >= 11 is 0. The van der Waals surface area contributed by atoms with Gasteiger partial charge in [-0.3, -0.25) is 4.79 Å². The maximum atomic E-state index is 14.2. The molecule has 2 unspecified atom stereocenters. The van der Waals surface area contributed by atoms with Gasteiger partial charge in [0, 0.05) is 29.3 Å². The number of phenols is 1. The number of hydrogen-bond donors (Lipinski definition) is 2. The van der Waals surface area contributed by atoms with Crippen LogP contribution in [0.4, 0.5) is 0 Å². The molecule has 0 spiro atoms. The molecule has 5 nitrogen and oxygen atoms in total. The smallest absolute Gasteiger partial charge is 0.337 e. The molecule has 222 valence electrons. The van der Waals surface area contributed by atoms with Crippen molar-refractivity contribution in [1.82, 2.24) is 5.32 Å². The summed E-state index contributed by atoms with van der Waals surface area (Å²) in [6, 6.07) is 11.5. The van der Waals surface area contributed by atoms with Gasteiger partial charge in [-0.25, -0.2) is 4.79 Å². The second-order valence-corrected chi connectivity index (χ2v) is 13.3. The van der Waals surface area contributed by atoms with Gasteiger partial charge in [0.1, 0.15) is 11.9 Å². The second kappa shape index (κ2) is 12.1. The Bertz CT molecular complexity index is 1410. The Hall–Kier alpha value is -3.34. The predicted molar refractivity (Wildman–Crippen MR) is 165 cm³/mol. The number of carbonyl (C=O) groups is 2. The van der Waals surface area contributed by atoms with E-state index in [-0.39, 0.29) is 29.5 Å². The lowest BCUT2D eigenvalue weighted by Crippen LogP contribution is -2.37. The van der Waals surface area contributed by atoms with Gasteiger partial charge in [-0.2, -0.15) is 0 Å². The van der Waals surface area contributed by atoms with Crippen LogP contribution in [0.25, 0.3) is 0 Å². The molecule has 6 rings (SSSR count). The van der Waals surface area contributed by atoms with Crippen molar-refractivity contribution in [3.05, 3.63) is 86.8 Å². The second-order valence-electron chi connectivity index (χ2n) is 13.3. The molecule has 1 heterocycles. The number of esters is 1. The number of aryl methyl sites for hydroxylation is 3. The molecule has 0 saturated heterocycles. The molecule has 42 heavy (non-hydrogen) atoms. The summed E-state index contributed by atoms with van der Waals surface area (Å²) in [5, 5.41) is 14.2. The molecule has 2 aromatic carbocycles. The maximum Gasteiger partial charge on any atom is 0.337 e. The van der Waals surface area contributed by atoms with E-state index in [1.165, 1.54) is 47.9 Å². The van der Waals surface area contributed by atoms with E-state index < -0.39 is 5.92 Å². The van der Waals surface area contributed by atoms with Crippen molar-refractivity contribution in [3.8, 4) is 5.75 Å². The van der Waals surface area contributed by atoms with E-state index in [0.29, 0.717) is 23.5 Å². The Morgan fingerprint density at radius 2 is 1.64 bits per heavy atom. The minimum absolute atomic E-state index is 0.0692. The number of ketones is 1. The molecule has 0 radical (unpaired) electrons. The first-order valence-corrected chi connectivity index (χ1v) is 16.1. The Balaban J connectivity index is 1.43. The largest absolute Gasteiger partial charge is 0.508 e. The third-order valence-corrected chi connectivity index (χ3v) is 10.1. The number of nitrogens with one attached hydrogen (secondary N) is 1. The van der Waals surface area contributed by atoms with E-state index in [0.717, 1.165) is 61.9 Å². The summed E-state index contributed by atoms with van der Waals surface area (Å²) in [7, 11) is 0. The van der Waals surface area contributed by atoms with Gasteiger partial charge in [0.2, 0.25) is 0 Å². The minimum Gasteiger partial charge on any atom is -0.508 e. The molecule has 2 saturated carbocycles. The molecule has 1 aliphatic heterocycles. The Morgan fingerprint density at radius 1 is 0.952 bits per heavy atom. The van der Waals surface area contributed by atoms with Gasteiger partial charge in [-0.05, 0) is 112 Å². The van der Waals surface area contributed by atoms with Gasteiger partial charge in [0.15, 0.2) is 5.78 Å². The molecule has 0 bridgehead atoms. The molecule has 3 aliphatic carbocycles. The van der Waals surface area contributed by atoms with E-state index in [9.17, 15) is 14.7 Å². The number of phenolic OH excluding ortho intramolecular Hbond substituents is 1. The van der Waals surface area contributed by atoms with Crippen LogP contribution in [0, 0.1) is 26.7 Å². The van der Waals surface area contributed by atoms with Crippen LogP contribution in [0.15, 0.2) is 58.9 Å². The first kappa shape index (κ1) is 28.8. The Kier molecular flexibility index (Phi) is 8.29. The number of ether oxygens (including phenoxy) is 1. The van der Waals surface area contributed by atoms with E-state index >= 15 is 0 Å². The summed E-state index contributed by atoms with van der Waals surface area (Å²) in [4.78, 5) is 28.3. The van der Waals surface area contributed by atoms with Crippen LogP contribution in [-0.2, 0) is 14.3 Å². The number of carbonyl (C=O) groups excluding carboxylic acids is 2. The van der Waals surface area contributed by atoms with Gasteiger partial charge in [-0.1, -0.05) is 55.5 Å². The zero-order valence-corrected chi connectivity index (χ0v) is 25.4. The number of Topliss-reactive ketones (excluding diaryl/α,β-unsaturated/α-hetero) is 1. The van der Waals surface area contributed by atoms with Crippen LogP contribution in [0.2, 0.25) is 0 Å². The molecule has 2 atom stereocenters. The average molecular weight is 568 g/mol. The summed E-state index contributed by atoms with van der Waals surface area (Å²) in [6.07, 6.45) is 11.8. The van der Waals surface area contributed by atoms with Gasteiger partial charge >= 0.3 is 5.97 Å². The topological polar surface area (TPSA) is 75.6 Å². The summed E-state index contributed by atoms with van der Waals surface area (Å²) in [5.74, 6) is 0.0981. The lowest BCUT2D eigenvalue weighted by molar-refractivity contribution is -0.144. The van der Waals surface area contributed by atoms with Crippen LogP contribution in [-0.4, -0.2) is 23.0 Å². The zero-order chi connectivity index (χ0) is 29.4. The summed E-state index contributed by atoms with van der Waals surface area (Å²) < 4.78 is 6.15. The van der Waals surface area contributed by atoms with Crippen molar-refractivity contribution in [2.45, 2.75) is 116 Å². The molecule has 0 aromatic heterocycles. The van der Waals surface area contributed by atoms with Crippen LogP contribution in [0.1, 0.15) is 117 Å². The molecule has 2 fully saturated rings. The Morgan fingerprint density at radius 3 is 2.33 bits per heavy atom. The highest BCUT2D eigenvalue weighted by atomic mass is 16.5. The maximum absolute atomic E-state index is 14.2.